The summed E-state index contributed by atoms with van der Waals surface area (Å²) in [6, 6.07) is 7.55. The van der Waals surface area contributed by atoms with Gasteiger partial charge < -0.3 is 24.7 Å². The van der Waals surface area contributed by atoms with Gasteiger partial charge in [-0.25, -0.2) is 9.97 Å². The molecule has 0 unspecified atom stereocenters. The molecule has 0 saturated carbocycles. The van der Waals surface area contributed by atoms with Crippen LogP contribution in [0.3, 0.4) is 0 Å². The Bertz CT molecular complexity index is 1450. The van der Waals surface area contributed by atoms with Crippen molar-refractivity contribution in [3.63, 3.8) is 0 Å². The molecule has 2 aliphatic heterocycles. The lowest BCUT2D eigenvalue weighted by Crippen LogP contribution is -2.56. The minimum absolute atomic E-state index is 0.0675. The van der Waals surface area contributed by atoms with E-state index in [1.807, 2.05) is 24.3 Å². The average Bonchev–Trinajstić information content (AvgIpc) is 3.12. The van der Waals surface area contributed by atoms with Crippen molar-refractivity contribution in [1.29, 1.82) is 0 Å². The second-order valence-corrected chi connectivity index (χ2v) is 8.42. The van der Waals surface area contributed by atoms with Crippen LogP contribution in [-0.2, 0) is 4.79 Å². The van der Waals surface area contributed by atoms with Crippen molar-refractivity contribution in [1.82, 2.24) is 19.9 Å². The number of hydrogen-bond donors (Lipinski definition) is 1. The number of nitrogen functional groups attached to an aromatic ring is 1. The zero-order valence-electron chi connectivity index (χ0n) is 17.5. The molecule has 2 aromatic carbocycles. The maximum atomic E-state index is 12.2. The highest BCUT2D eigenvalue weighted by Gasteiger charge is 2.35. The fourth-order valence-corrected chi connectivity index (χ4v) is 4.92. The van der Waals surface area contributed by atoms with Gasteiger partial charge in [-0.05, 0) is 29.8 Å². The number of rotatable bonds is 2. The third-order valence-corrected chi connectivity index (χ3v) is 6.55. The van der Waals surface area contributed by atoms with Crippen LogP contribution in [0.1, 0.15) is 0 Å². The summed E-state index contributed by atoms with van der Waals surface area (Å²) in [5.41, 5.74) is 9.25. The van der Waals surface area contributed by atoms with Crippen LogP contribution in [0.2, 0.25) is 5.02 Å². The lowest BCUT2D eigenvalue weighted by molar-refractivity contribution is -0.126. The van der Waals surface area contributed by atoms with Crippen LogP contribution >= 0.6 is 11.6 Å². The van der Waals surface area contributed by atoms with Crippen molar-refractivity contribution in [2.45, 2.75) is 6.04 Å². The molecule has 6 rings (SSSR count). The molecule has 2 aromatic heterocycles. The molecule has 2 N–H and O–H groups in total. The number of ether oxygens (including phenoxy) is 1. The summed E-state index contributed by atoms with van der Waals surface area (Å²) < 4.78 is 11.6. The molecule has 1 amide bonds. The Balaban J connectivity index is 1.48. The van der Waals surface area contributed by atoms with Crippen LogP contribution in [0.5, 0.6) is 5.75 Å². The highest BCUT2D eigenvalue weighted by Crippen LogP contribution is 2.46. The first-order valence-corrected chi connectivity index (χ1v) is 10.9. The number of halogens is 1. The van der Waals surface area contributed by atoms with Gasteiger partial charge in [0.25, 0.3) is 6.01 Å². The Morgan fingerprint density at radius 1 is 1.24 bits per heavy atom. The number of aromatic nitrogens is 3. The predicted molar refractivity (Wildman–Crippen MR) is 125 cm³/mol. The lowest BCUT2D eigenvalue weighted by Gasteiger charge is -2.40. The molecule has 0 bridgehead atoms. The number of hydrogen-bond acceptors (Lipinski definition) is 8. The van der Waals surface area contributed by atoms with Gasteiger partial charge in [0.15, 0.2) is 11.3 Å². The number of benzene rings is 2. The molecule has 10 heteroatoms. The Morgan fingerprint density at radius 3 is 2.97 bits per heavy atom. The van der Waals surface area contributed by atoms with E-state index in [9.17, 15) is 4.79 Å². The second kappa shape index (κ2) is 7.35. The Morgan fingerprint density at radius 2 is 2.12 bits per heavy atom. The van der Waals surface area contributed by atoms with Gasteiger partial charge in [-0.2, -0.15) is 4.98 Å². The monoisotopic (exact) mass is 462 g/mol. The van der Waals surface area contributed by atoms with E-state index in [1.54, 1.807) is 11.2 Å². The number of nitrogens with zero attached hydrogens (tertiary/aromatic N) is 5. The number of fused-ring (bicyclic) bond motifs is 3. The smallest absolute Gasteiger partial charge is 0.292 e. The normalized spacial score (nSPS) is 17.5. The van der Waals surface area contributed by atoms with Crippen LogP contribution in [-0.4, -0.2) is 58.0 Å². The first kappa shape index (κ1) is 19.8. The predicted octanol–water partition coefficient (Wildman–Crippen LogP) is 3.27. The molecule has 9 nitrogen and oxygen atoms in total. The van der Waals surface area contributed by atoms with Crippen LogP contribution in [0.25, 0.3) is 33.1 Å². The average molecular weight is 463 g/mol. The molecule has 1 atom stereocenters. The topological polar surface area (TPSA) is 111 Å². The van der Waals surface area contributed by atoms with Crippen molar-refractivity contribution in [3.05, 3.63) is 48.3 Å². The maximum Gasteiger partial charge on any atom is 0.292 e. The van der Waals surface area contributed by atoms with Gasteiger partial charge in [0, 0.05) is 25.2 Å². The number of carbonyl (C=O) groups excluding carboxylic acids is 1. The Hall–Kier alpha value is -3.85. The van der Waals surface area contributed by atoms with E-state index in [0.29, 0.717) is 48.1 Å². The number of amides is 1. The van der Waals surface area contributed by atoms with E-state index in [1.165, 1.54) is 6.08 Å². The zero-order valence-corrected chi connectivity index (χ0v) is 18.2. The van der Waals surface area contributed by atoms with Crippen molar-refractivity contribution >= 4 is 51.3 Å². The first-order valence-electron chi connectivity index (χ1n) is 10.5. The molecule has 1 fully saturated rings. The van der Waals surface area contributed by atoms with Crippen molar-refractivity contribution in [3.8, 4) is 16.9 Å². The van der Waals surface area contributed by atoms with E-state index in [-0.39, 0.29) is 18.0 Å². The van der Waals surface area contributed by atoms with E-state index in [2.05, 4.69) is 26.4 Å². The summed E-state index contributed by atoms with van der Waals surface area (Å²) in [6.45, 7) is 5.68. The minimum atomic E-state index is -0.0894. The third-order valence-electron chi connectivity index (χ3n) is 6.18. The van der Waals surface area contributed by atoms with Gasteiger partial charge in [0.1, 0.15) is 24.3 Å². The Labute approximate surface area is 193 Å². The second-order valence-electron chi connectivity index (χ2n) is 8.04. The fourth-order valence-electron chi connectivity index (χ4n) is 4.61. The molecular formula is C23H19ClN6O3. The van der Waals surface area contributed by atoms with Crippen LogP contribution in [0.15, 0.2) is 47.7 Å². The summed E-state index contributed by atoms with van der Waals surface area (Å²) >= 11 is 6.91. The van der Waals surface area contributed by atoms with Crippen molar-refractivity contribution in [2.24, 2.45) is 0 Å². The van der Waals surface area contributed by atoms with E-state index in [0.717, 1.165) is 27.8 Å². The summed E-state index contributed by atoms with van der Waals surface area (Å²) in [7, 11) is 0. The molecule has 4 aromatic rings. The van der Waals surface area contributed by atoms with Crippen LogP contribution in [0, 0.1) is 0 Å². The zero-order chi connectivity index (χ0) is 22.7. The summed E-state index contributed by atoms with van der Waals surface area (Å²) in [6.07, 6.45) is 2.89. The van der Waals surface area contributed by atoms with Gasteiger partial charge in [0.2, 0.25) is 5.91 Å². The van der Waals surface area contributed by atoms with Gasteiger partial charge in [0.05, 0.1) is 22.0 Å². The van der Waals surface area contributed by atoms with Gasteiger partial charge >= 0.3 is 0 Å². The molecule has 1 saturated heterocycles. The van der Waals surface area contributed by atoms with E-state index < -0.39 is 0 Å². The standard InChI is InChI=1S/C23H19ClN6O3/c1-2-18(31)29-5-6-30-13(9-29)10-32-21-19-16(26-11-27-22(19)30)8-14(20(21)24)12-3-4-17-15(7-12)28-23(25)33-17/h2-4,7-8,11,13H,1,5-6,9-10H2,(H2,25,28)/t13-/m0/s1. The van der Waals surface area contributed by atoms with Crippen LogP contribution in [0.4, 0.5) is 11.8 Å². The highest BCUT2D eigenvalue weighted by atomic mass is 35.5. The summed E-state index contributed by atoms with van der Waals surface area (Å²) in [5, 5.41) is 1.23. The lowest BCUT2D eigenvalue weighted by atomic mass is 10.0. The molecule has 4 heterocycles. The number of nitrogens with two attached hydrogens (primary N) is 1. The summed E-state index contributed by atoms with van der Waals surface area (Å²) in [4.78, 5) is 29.4. The number of oxazole rings is 1. The van der Waals surface area contributed by atoms with Crippen molar-refractivity contribution in [2.75, 3.05) is 36.9 Å². The molecule has 0 radical (unpaired) electrons. The number of carbonyl (C=O) groups is 1. The van der Waals surface area contributed by atoms with Crippen LogP contribution < -0.4 is 15.4 Å². The highest BCUT2D eigenvalue weighted by molar-refractivity contribution is 6.36. The molecule has 33 heavy (non-hydrogen) atoms. The maximum absolute atomic E-state index is 12.2. The van der Waals surface area contributed by atoms with Gasteiger partial charge in [-0.1, -0.05) is 24.2 Å². The number of anilines is 2. The van der Waals surface area contributed by atoms with E-state index >= 15 is 0 Å². The molecular weight excluding hydrogens is 444 g/mol. The van der Waals surface area contributed by atoms with Gasteiger partial charge in [-0.3, -0.25) is 4.79 Å². The molecule has 166 valence electrons. The molecule has 2 aliphatic rings. The molecule has 0 aliphatic carbocycles. The molecule has 0 spiro atoms. The first-order chi connectivity index (χ1) is 16.0. The quantitative estimate of drug-likeness (QED) is 0.452. The van der Waals surface area contributed by atoms with Crippen molar-refractivity contribution < 1.29 is 13.9 Å². The SMILES string of the molecule is C=CC(=O)N1CCN2c3ncnc4cc(-c5ccc6oc(N)nc6c5)c(Cl)c(c34)OC[C@@H]2C1. The largest absolute Gasteiger partial charge is 0.489 e. The summed E-state index contributed by atoms with van der Waals surface area (Å²) in [5.74, 6) is 1.21. The van der Waals surface area contributed by atoms with Gasteiger partial charge in [-0.15, -0.1) is 0 Å². The third kappa shape index (κ3) is 3.07. The Kier molecular flexibility index (Phi) is 4.41. The minimum Gasteiger partial charge on any atom is -0.489 e. The fraction of sp³-hybridized carbons (Fsp3) is 0.217. The number of piperazine rings is 1. The van der Waals surface area contributed by atoms with E-state index in [4.69, 9.17) is 26.5 Å².